The van der Waals surface area contributed by atoms with Gasteiger partial charge in [0.1, 0.15) is 5.82 Å². The summed E-state index contributed by atoms with van der Waals surface area (Å²) < 4.78 is 13.3. The normalized spacial score (nSPS) is 24.3. The molecule has 2 rings (SSSR count). The third kappa shape index (κ3) is 2.88. The highest BCUT2D eigenvalue weighted by Crippen LogP contribution is 2.36. The molecule has 0 aliphatic carbocycles. The lowest BCUT2D eigenvalue weighted by atomic mass is 9.95. The highest BCUT2D eigenvalue weighted by molar-refractivity contribution is 5.66. The van der Waals surface area contributed by atoms with E-state index in [9.17, 15) is 9.18 Å². The minimum atomic E-state index is -0.785. The van der Waals surface area contributed by atoms with Crippen LogP contribution in [0.4, 0.5) is 4.39 Å². The molecule has 1 aliphatic rings. The van der Waals surface area contributed by atoms with Crippen LogP contribution in [0.25, 0.3) is 0 Å². The molecule has 1 heterocycles. The Morgan fingerprint density at radius 1 is 1.56 bits per heavy atom. The number of hydrogen-bond donors (Lipinski definition) is 1. The van der Waals surface area contributed by atoms with Crippen LogP contribution in [0.15, 0.2) is 24.3 Å². The zero-order valence-electron chi connectivity index (χ0n) is 10.5. The first-order valence-electron chi connectivity index (χ1n) is 6.29. The molecule has 0 unspecified atom stereocenters. The van der Waals surface area contributed by atoms with Gasteiger partial charge in [-0.05, 0) is 36.6 Å². The SMILES string of the molecule is C[C@H]1CCN(CCC(=O)O)[C@@H]1c1cccc(F)c1. The highest BCUT2D eigenvalue weighted by atomic mass is 19.1. The first-order valence-corrected chi connectivity index (χ1v) is 6.29. The minimum Gasteiger partial charge on any atom is -0.481 e. The molecule has 0 saturated carbocycles. The maximum atomic E-state index is 13.3. The van der Waals surface area contributed by atoms with E-state index in [2.05, 4.69) is 11.8 Å². The number of nitrogens with zero attached hydrogens (tertiary/aromatic N) is 1. The lowest BCUT2D eigenvalue weighted by Gasteiger charge is -2.26. The molecule has 0 radical (unpaired) electrons. The summed E-state index contributed by atoms with van der Waals surface area (Å²) in [4.78, 5) is 12.8. The van der Waals surface area contributed by atoms with Gasteiger partial charge < -0.3 is 5.11 Å². The average Bonchev–Trinajstić information content (AvgIpc) is 2.68. The van der Waals surface area contributed by atoms with Gasteiger partial charge in [-0.15, -0.1) is 0 Å². The first-order chi connectivity index (χ1) is 8.58. The number of carboxylic acid groups (broad SMARTS) is 1. The van der Waals surface area contributed by atoms with Crippen molar-refractivity contribution in [2.75, 3.05) is 13.1 Å². The predicted molar refractivity (Wildman–Crippen MR) is 66.7 cm³/mol. The molecule has 4 heteroatoms. The van der Waals surface area contributed by atoms with Crippen molar-refractivity contribution in [2.45, 2.75) is 25.8 Å². The fourth-order valence-corrected chi connectivity index (χ4v) is 2.75. The number of likely N-dealkylation sites (tertiary alicyclic amines) is 1. The molecule has 1 aliphatic heterocycles. The Labute approximate surface area is 106 Å². The van der Waals surface area contributed by atoms with Gasteiger partial charge in [-0.1, -0.05) is 19.1 Å². The molecule has 18 heavy (non-hydrogen) atoms. The number of carbonyl (C=O) groups is 1. The van der Waals surface area contributed by atoms with Gasteiger partial charge >= 0.3 is 5.97 Å². The van der Waals surface area contributed by atoms with Crippen molar-refractivity contribution in [1.82, 2.24) is 4.90 Å². The summed E-state index contributed by atoms with van der Waals surface area (Å²) in [5.41, 5.74) is 0.949. The second-order valence-electron chi connectivity index (χ2n) is 4.95. The van der Waals surface area contributed by atoms with Crippen LogP contribution in [0.2, 0.25) is 0 Å². The van der Waals surface area contributed by atoms with Crippen molar-refractivity contribution in [3.05, 3.63) is 35.6 Å². The smallest absolute Gasteiger partial charge is 0.304 e. The lowest BCUT2D eigenvalue weighted by Crippen LogP contribution is -2.27. The molecule has 3 nitrogen and oxygen atoms in total. The van der Waals surface area contributed by atoms with Gasteiger partial charge in [-0.2, -0.15) is 0 Å². The highest BCUT2D eigenvalue weighted by Gasteiger charge is 2.32. The van der Waals surface area contributed by atoms with Crippen molar-refractivity contribution in [1.29, 1.82) is 0 Å². The molecular weight excluding hydrogens is 233 g/mol. The van der Waals surface area contributed by atoms with Crippen LogP contribution in [0.5, 0.6) is 0 Å². The minimum absolute atomic E-state index is 0.137. The van der Waals surface area contributed by atoms with Gasteiger partial charge in [0.25, 0.3) is 0 Å². The summed E-state index contributed by atoms with van der Waals surface area (Å²) in [5, 5.41) is 8.75. The molecular formula is C14H18FNO2. The third-order valence-corrected chi connectivity index (χ3v) is 3.61. The van der Waals surface area contributed by atoms with Crippen LogP contribution in [0, 0.1) is 11.7 Å². The fourth-order valence-electron chi connectivity index (χ4n) is 2.75. The fraction of sp³-hybridized carbons (Fsp3) is 0.500. The van der Waals surface area contributed by atoms with E-state index in [4.69, 9.17) is 5.11 Å². The summed E-state index contributed by atoms with van der Waals surface area (Å²) in [6.07, 6.45) is 1.17. The molecule has 0 spiro atoms. The Hall–Kier alpha value is -1.42. The van der Waals surface area contributed by atoms with E-state index in [1.165, 1.54) is 6.07 Å². The summed E-state index contributed by atoms with van der Waals surface area (Å²) in [6, 6.07) is 6.76. The zero-order valence-corrected chi connectivity index (χ0v) is 10.5. The summed E-state index contributed by atoms with van der Waals surface area (Å²) in [5.74, 6) is -0.585. The van der Waals surface area contributed by atoms with E-state index >= 15 is 0 Å². The summed E-state index contributed by atoms with van der Waals surface area (Å²) in [7, 11) is 0. The quantitative estimate of drug-likeness (QED) is 0.894. The topological polar surface area (TPSA) is 40.5 Å². The Morgan fingerprint density at radius 3 is 3.00 bits per heavy atom. The molecule has 1 aromatic carbocycles. The van der Waals surface area contributed by atoms with Crippen LogP contribution in [-0.2, 0) is 4.79 Å². The van der Waals surface area contributed by atoms with E-state index in [0.717, 1.165) is 18.5 Å². The molecule has 0 bridgehead atoms. The summed E-state index contributed by atoms with van der Waals surface area (Å²) >= 11 is 0. The maximum Gasteiger partial charge on any atom is 0.304 e. The van der Waals surface area contributed by atoms with Crippen LogP contribution in [0.1, 0.15) is 31.4 Å². The second-order valence-corrected chi connectivity index (χ2v) is 4.95. The standard InChI is InChI=1S/C14H18FNO2/c1-10-5-7-16(8-6-13(17)18)14(10)11-3-2-4-12(15)9-11/h2-4,9-10,14H,5-8H2,1H3,(H,17,18)/t10-,14-/m0/s1. The number of rotatable bonds is 4. The molecule has 1 fully saturated rings. The lowest BCUT2D eigenvalue weighted by molar-refractivity contribution is -0.137. The number of hydrogen-bond acceptors (Lipinski definition) is 2. The van der Waals surface area contributed by atoms with E-state index in [-0.39, 0.29) is 18.3 Å². The van der Waals surface area contributed by atoms with E-state index < -0.39 is 5.97 Å². The molecule has 1 N–H and O–H groups in total. The second kappa shape index (κ2) is 5.48. The number of aliphatic carboxylic acids is 1. The molecule has 1 aromatic rings. The molecule has 2 atom stereocenters. The van der Waals surface area contributed by atoms with Crippen LogP contribution >= 0.6 is 0 Å². The van der Waals surface area contributed by atoms with Crippen LogP contribution in [0.3, 0.4) is 0 Å². The maximum absolute atomic E-state index is 13.3. The first kappa shape index (κ1) is 13.0. The Bertz CT molecular complexity index is 436. The monoisotopic (exact) mass is 251 g/mol. The van der Waals surface area contributed by atoms with E-state index in [1.54, 1.807) is 12.1 Å². The van der Waals surface area contributed by atoms with Gasteiger partial charge in [0, 0.05) is 12.6 Å². The third-order valence-electron chi connectivity index (χ3n) is 3.61. The summed E-state index contributed by atoms with van der Waals surface area (Å²) in [6.45, 7) is 3.55. The average molecular weight is 251 g/mol. The van der Waals surface area contributed by atoms with Gasteiger partial charge in [-0.3, -0.25) is 9.69 Å². The van der Waals surface area contributed by atoms with Crippen molar-refractivity contribution in [3.8, 4) is 0 Å². The molecule has 0 amide bonds. The van der Waals surface area contributed by atoms with Gasteiger partial charge in [0.2, 0.25) is 0 Å². The van der Waals surface area contributed by atoms with Crippen molar-refractivity contribution < 1.29 is 14.3 Å². The Kier molecular flexibility index (Phi) is 3.97. The number of carboxylic acids is 1. The van der Waals surface area contributed by atoms with Crippen molar-refractivity contribution in [2.24, 2.45) is 5.92 Å². The van der Waals surface area contributed by atoms with E-state index in [1.807, 2.05) is 6.07 Å². The molecule has 0 aromatic heterocycles. The van der Waals surface area contributed by atoms with E-state index in [0.29, 0.717) is 12.5 Å². The Morgan fingerprint density at radius 2 is 2.33 bits per heavy atom. The molecule has 1 saturated heterocycles. The van der Waals surface area contributed by atoms with Gasteiger partial charge in [-0.25, -0.2) is 4.39 Å². The van der Waals surface area contributed by atoms with Crippen LogP contribution < -0.4 is 0 Å². The molecule has 98 valence electrons. The van der Waals surface area contributed by atoms with Crippen molar-refractivity contribution in [3.63, 3.8) is 0 Å². The van der Waals surface area contributed by atoms with Gasteiger partial charge in [0.15, 0.2) is 0 Å². The zero-order chi connectivity index (χ0) is 13.1. The van der Waals surface area contributed by atoms with Crippen LogP contribution in [-0.4, -0.2) is 29.1 Å². The predicted octanol–water partition coefficient (Wildman–Crippen LogP) is 2.68. The largest absolute Gasteiger partial charge is 0.481 e. The van der Waals surface area contributed by atoms with Crippen molar-refractivity contribution >= 4 is 5.97 Å². The number of benzene rings is 1. The number of halogens is 1. The Balaban J connectivity index is 2.14. The van der Waals surface area contributed by atoms with Gasteiger partial charge in [0.05, 0.1) is 6.42 Å².